The van der Waals surface area contributed by atoms with Crippen LogP contribution in [0, 0.1) is 5.41 Å². The van der Waals surface area contributed by atoms with Crippen molar-refractivity contribution >= 4 is 0 Å². The molecular weight excluding hydrogens is 176 g/mol. The molecule has 3 heteroatoms. The van der Waals surface area contributed by atoms with Crippen LogP contribution in [0.5, 0.6) is 0 Å². The van der Waals surface area contributed by atoms with Crippen molar-refractivity contribution in [1.82, 2.24) is 4.90 Å². The molecule has 0 aromatic rings. The highest BCUT2D eigenvalue weighted by Crippen LogP contribution is 2.28. The molecule has 1 aliphatic heterocycles. The molecule has 1 aliphatic rings. The van der Waals surface area contributed by atoms with Crippen LogP contribution in [0.15, 0.2) is 0 Å². The molecule has 1 saturated heterocycles. The summed E-state index contributed by atoms with van der Waals surface area (Å²) < 4.78 is 5.03. The van der Waals surface area contributed by atoms with Crippen molar-refractivity contribution < 1.29 is 4.74 Å². The molecule has 14 heavy (non-hydrogen) atoms. The monoisotopic (exact) mass is 200 g/mol. The van der Waals surface area contributed by atoms with Gasteiger partial charge in [-0.3, -0.25) is 0 Å². The Bertz CT molecular complexity index is 163. The number of hydrogen-bond donors (Lipinski definition) is 1. The second-order valence-electron chi connectivity index (χ2n) is 4.74. The van der Waals surface area contributed by atoms with E-state index >= 15 is 0 Å². The molecule has 0 saturated carbocycles. The van der Waals surface area contributed by atoms with E-state index in [0.29, 0.717) is 5.41 Å². The topological polar surface area (TPSA) is 38.5 Å². The molecule has 1 rings (SSSR count). The minimum Gasteiger partial charge on any atom is -0.385 e. The average Bonchev–Trinajstić information content (AvgIpc) is 2.56. The highest BCUT2D eigenvalue weighted by Gasteiger charge is 2.31. The van der Waals surface area contributed by atoms with Crippen LogP contribution in [0.1, 0.15) is 26.2 Å². The summed E-state index contributed by atoms with van der Waals surface area (Å²) in [6.45, 7) is 7.61. The van der Waals surface area contributed by atoms with Crippen LogP contribution >= 0.6 is 0 Å². The Labute approximate surface area is 87.6 Å². The third kappa shape index (κ3) is 3.56. The maximum atomic E-state index is 5.76. The van der Waals surface area contributed by atoms with E-state index in [2.05, 4.69) is 11.8 Å². The van der Waals surface area contributed by atoms with Crippen LogP contribution in [0.2, 0.25) is 0 Å². The molecule has 1 heterocycles. The van der Waals surface area contributed by atoms with Gasteiger partial charge < -0.3 is 15.4 Å². The zero-order chi connectivity index (χ0) is 10.4. The Balaban J connectivity index is 2.10. The third-order valence-corrected chi connectivity index (χ3v) is 3.20. The first kappa shape index (κ1) is 12.0. The summed E-state index contributed by atoms with van der Waals surface area (Å²) >= 11 is 0. The first-order valence-electron chi connectivity index (χ1n) is 5.61. The van der Waals surface area contributed by atoms with Gasteiger partial charge in [-0.1, -0.05) is 6.92 Å². The van der Waals surface area contributed by atoms with E-state index < -0.39 is 0 Å². The highest BCUT2D eigenvalue weighted by molar-refractivity contribution is 4.86. The fourth-order valence-corrected chi connectivity index (χ4v) is 2.07. The quantitative estimate of drug-likeness (QED) is 0.652. The van der Waals surface area contributed by atoms with Crippen molar-refractivity contribution in [3.05, 3.63) is 0 Å². The lowest BCUT2D eigenvalue weighted by Gasteiger charge is -2.22. The molecule has 2 N–H and O–H groups in total. The first-order valence-corrected chi connectivity index (χ1v) is 5.61. The van der Waals surface area contributed by atoms with Gasteiger partial charge in [-0.2, -0.15) is 0 Å². The standard InChI is InChI=1S/C11H24N2O/c1-11(9-12)5-7-13(10-11)6-3-4-8-14-2/h3-10,12H2,1-2H3. The molecule has 0 spiro atoms. The zero-order valence-electron chi connectivity index (χ0n) is 9.59. The van der Waals surface area contributed by atoms with Gasteiger partial charge in [0.1, 0.15) is 0 Å². The van der Waals surface area contributed by atoms with Crippen molar-refractivity contribution in [2.24, 2.45) is 11.1 Å². The second kappa shape index (κ2) is 5.69. The van der Waals surface area contributed by atoms with Crippen LogP contribution in [0.25, 0.3) is 0 Å². The molecule has 3 nitrogen and oxygen atoms in total. The predicted octanol–water partition coefficient (Wildman–Crippen LogP) is 1.08. The second-order valence-corrected chi connectivity index (χ2v) is 4.74. The lowest BCUT2D eigenvalue weighted by atomic mass is 9.90. The van der Waals surface area contributed by atoms with Gasteiger partial charge in [-0.05, 0) is 44.3 Å². The largest absolute Gasteiger partial charge is 0.385 e. The maximum absolute atomic E-state index is 5.76. The van der Waals surface area contributed by atoms with E-state index in [1.165, 1.54) is 38.9 Å². The molecule has 0 aromatic carbocycles. The summed E-state index contributed by atoms with van der Waals surface area (Å²) in [6, 6.07) is 0. The number of nitrogens with two attached hydrogens (primary N) is 1. The van der Waals surface area contributed by atoms with Crippen LogP contribution < -0.4 is 5.73 Å². The Kier molecular flexibility index (Phi) is 4.85. The van der Waals surface area contributed by atoms with Gasteiger partial charge in [-0.15, -0.1) is 0 Å². The zero-order valence-corrected chi connectivity index (χ0v) is 9.59. The molecule has 0 aliphatic carbocycles. The number of nitrogens with zero attached hydrogens (tertiary/aromatic N) is 1. The molecule has 1 atom stereocenters. The van der Waals surface area contributed by atoms with E-state index in [1.54, 1.807) is 7.11 Å². The summed E-state index contributed by atoms with van der Waals surface area (Å²) in [5.74, 6) is 0. The summed E-state index contributed by atoms with van der Waals surface area (Å²) in [6.07, 6.45) is 3.68. The van der Waals surface area contributed by atoms with Gasteiger partial charge in [-0.25, -0.2) is 0 Å². The van der Waals surface area contributed by atoms with Gasteiger partial charge in [0.25, 0.3) is 0 Å². The van der Waals surface area contributed by atoms with Crippen molar-refractivity contribution in [3.8, 4) is 0 Å². The molecule has 0 amide bonds. The van der Waals surface area contributed by atoms with Crippen molar-refractivity contribution in [2.45, 2.75) is 26.2 Å². The van der Waals surface area contributed by atoms with E-state index in [9.17, 15) is 0 Å². The first-order chi connectivity index (χ1) is 6.70. The Hall–Kier alpha value is -0.120. The van der Waals surface area contributed by atoms with Crippen molar-refractivity contribution in [1.29, 1.82) is 0 Å². The van der Waals surface area contributed by atoms with Gasteiger partial charge in [0, 0.05) is 20.3 Å². The van der Waals surface area contributed by atoms with E-state index in [0.717, 1.165) is 13.2 Å². The SMILES string of the molecule is COCCCCN1CCC(C)(CN)C1. The van der Waals surface area contributed by atoms with E-state index in [-0.39, 0.29) is 0 Å². The van der Waals surface area contributed by atoms with Gasteiger partial charge >= 0.3 is 0 Å². The van der Waals surface area contributed by atoms with Gasteiger partial charge in [0.15, 0.2) is 0 Å². The predicted molar refractivity (Wildman–Crippen MR) is 59.3 cm³/mol. The van der Waals surface area contributed by atoms with Crippen molar-refractivity contribution in [3.63, 3.8) is 0 Å². The van der Waals surface area contributed by atoms with Crippen LogP contribution in [-0.4, -0.2) is 44.8 Å². The number of rotatable bonds is 6. The number of ether oxygens (including phenoxy) is 1. The minimum absolute atomic E-state index is 0.376. The molecule has 0 radical (unpaired) electrons. The molecule has 84 valence electrons. The average molecular weight is 200 g/mol. The highest BCUT2D eigenvalue weighted by atomic mass is 16.5. The van der Waals surface area contributed by atoms with E-state index in [4.69, 9.17) is 10.5 Å². The van der Waals surface area contributed by atoms with Crippen LogP contribution in [0.4, 0.5) is 0 Å². The molecule has 0 aromatic heterocycles. The molecule has 1 fully saturated rings. The molecule has 0 bridgehead atoms. The number of methoxy groups -OCH3 is 1. The smallest absolute Gasteiger partial charge is 0.0462 e. The summed E-state index contributed by atoms with van der Waals surface area (Å²) in [4.78, 5) is 2.53. The number of likely N-dealkylation sites (tertiary alicyclic amines) is 1. The summed E-state index contributed by atoms with van der Waals surface area (Å²) in [7, 11) is 1.77. The number of unbranched alkanes of at least 4 members (excludes halogenated alkanes) is 1. The maximum Gasteiger partial charge on any atom is 0.0462 e. The molecule has 1 unspecified atom stereocenters. The Morgan fingerprint density at radius 2 is 2.21 bits per heavy atom. The minimum atomic E-state index is 0.376. The van der Waals surface area contributed by atoms with E-state index in [1.807, 2.05) is 0 Å². The lowest BCUT2D eigenvalue weighted by molar-refractivity contribution is 0.185. The summed E-state index contributed by atoms with van der Waals surface area (Å²) in [5.41, 5.74) is 6.14. The summed E-state index contributed by atoms with van der Waals surface area (Å²) in [5, 5.41) is 0. The third-order valence-electron chi connectivity index (χ3n) is 3.20. The normalized spacial score (nSPS) is 28.5. The fourth-order valence-electron chi connectivity index (χ4n) is 2.07. The van der Waals surface area contributed by atoms with Crippen LogP contribution in [-0.2, 0) is 4.74 Å². The fraction of sp³-hybridized carbons (Fsp3) is 1.00. The van der Waals surface area contributed by atoms with Gasteiger partial charge in [0.2, 0.25) is 0 Å². The Morgan fingerprint density at radius 1 is 1.43 bits per heavy atom. The van der Waals surface area contributed by atoms with Crippen molar-refractivity contribution in [2.75, 3.05) is 39.9 Å². The Morgan fingerprint density at radius 3 is 2.79 bits per heavy atom. The molecular formula is C11H24N2O. The van der Waals surface area contributed by atoms with Crippen LogP contribution in [0.3, 0.4) is 0 Å². The van der Waals surface area contributed by atoms with Gasteiger partial charge in [0.05, 0.1) is 0 Å². The number of hydrogen-bond acceptors (Lipinski definition) is 3. The lowest BCUT2D eigenvalue weighted by Crippen LogP contribution is -2.31.